The summed E-state index contributed by atoms with van der Waals surface area (Å²) in [5, 5.41) is 0. The van der Waals surface area contributed by atoms with E-state index in [2.05, 4.69) is 9.57 Å². The first kappa shape index (κ1) is 18.7. The van der Waals surface area contributed by atoms with Crippen LogP contribution in [0.2, 0.25) is 0 Å². The Kier molecular flexibility index (Phi) is 5.05. The van der Waals surface area contributed by atoms with Crippen molar-refractivity contribution in [3.8, 4) is 33.8 Å². The first-order valence-corrected chi connectivity index (χ1v) is 7.90. The van der Waals surface area contributed by atoms with Gasteiger partial charge in [-0.3, -0.25) is 0 Å². The van der Waals surface area contributed by atoms with Crippen LogP contribution in [0.3, 0.4) is 0 Å². The third kappa shape index (κ3) is 4.38. The fourth-order valence-electron chi connectivity index (χ4n) is 2.79. The zero-order valence-corrected chi connectivity index (χ0v) is 14.2. The summed E-state index contributed by atoms with van der Waals surface area (Å²) in [6.07, 6.45) is -4.73. The van der Waals surface area contributed by atoms with Gasteiger partial charge in [0.2, 0.25) is 0 Å². The monoisotopic (exact) mass is 377 g/mol. The van der Waals surface area contributed by atoms with Crippen LogP contribution in [0.25, 0.3) is 22.3 Å². The van der Waals surface area contributed by atoms with E-state index in [-0.39, 0.29) is 11.5 Å². The van der Waals surface area contributed by atoms with Crippen molar-refractivity contribution in [1.29, 1.82) is 0 Å². The van der Waals surface area contributed by atoms with Crippen LogP contribution < -0.4 is 15.5 Å². The molecular weight excluding hydrogens is 362 g/mol. The van der Waals surface area contributed by atoms with E-state index in [1.165, 1.54) is 30.3 Å². The van der Waals surface area contributed by atoms with Crippen molar-refractivity contribution in [2.45, 2.75) is 13.3 Å². The third-order valence-electron chi connectivity index (χ3n) is 4.01. The number of halogens is 4. The highest BCUT2D eigenvalue weighted by Crippen LogP contribution is 2.32. The molecule has 0 amide bonds. The Labute approximate surface area is 152 Å². The van der Waals surface area contributed by atoms with Gasteiger partial charge in [-0.1, -0.05) is 30.3 Å². The molecule has 0 aromatic heterocycles. The Morgan fingerprint density at radius 2 is 1.37 bits per heavy atom. The van der Waals surface area contributed by atoms with E-state index in [4.69, 9.17) is 5.90 Å². The van der Waals surface area contributed by atoms with Gasteiger partial charge in [-0.05, 0) is 53.4 Å². The maximum Gasteiger partial charge on any atom is 0.573 e. The minimum absolute atomic E-state index is 0.214. The average molecular weight is 377 g/mol. The molecule has 0 fully saturated rings. The maximum atomic E-state index is 14.2. The molecule has 0 atom stereocenters. The molecule has 0 aliphatic carbocycles. The predicted molar refractivity (Wildman–Crippen MR) is 93.5 cm³/mol. The minimum Gasteiger partial charge on any atom is -0.411 e. The Balaban J connectivity index is 1.89. The summed E-state index contributed by atoms with van der Waals surface area (Å²) in [6.45, 7) is 1.84. The molecule has 0 saturated carbocycles. The van der Waals surface area contributed by atoms with Crippen LogP contribution in [0.1, 0.15) is 5.56 Å². The van der Waals surface area contributed by atoms with Gasteiger partial charge in [-0.25, -0.2) is 4.39 Å². The SMILES string of the molecule is Cc1cc(-c2ccc(ON)cc2F)ccc1-c1ccc(OC(F)(F)F)cc1. The topological polar surface area (TPSA) is 44.5 Å². The van der Waals surface area contributed by atoms with Gasteiger partial charge in [0.05, 0.1) is 0 Å². The highest BCUT2D eigenvalue weighted by atomic mass is 19.4. The first-order valence-electron chi connectivity index (χ1n) is 7.90. The standard InChI is InChI=1S/C20H15F4NO2/c1-12-10-14(18-9-7-16(27-25)11-19(18)21)4-8-17(12)13-2-5-15(6-3-13)26-20(22,23)24/h2-11H,25H2,1H3. The van der Waals surface area contributed by atoms with E-state index in [1.54, 1.807) is 30.3 Å². The smallest absolute Gasteiger partial charge is 0.411 e. The van der Waals surface area contributed by atoms with Gasteiger partial charge in [0.25, 0.3) is 0 Å². The summed E-state index contributed by atoms with van der Waals surface area (Å²) in [7, 11) is 0. The van der Waals surface area contributed by atoms with Crippen LogP contribution in [0.5, 0.6) is 11.5 Å². The molecule has 0 aliphatic heterocycles. The Morgan fingerprint density at radius 1 is 0.778 bits per heavy atom. The van der Waals surface area contributed by atoms with Gasteiger partial charge in [0.1, 0.15) is 17.3 Å². The first-order chi connectivity index (χ1) is 12.8. The fraction of sp³-hybridized carbons (Fsp3) is 0.100. The molecule has 2 N–H and O–H groups in total. The van der Waals surface area contributed by atoms with E-state index in [9.17, 15) is 17.6 Å². The predicted octanol–water partition coefficient (Wildman–Crippen LogP) is 5.62. The van der Waals surface area contributed by atoms with Gasteiger partial charge in [-0.15, -0.1) is 13.2 Å². The Morgan fingerprint density at radius 3 is 1.93 bits per heavy atom. The van der Waals surface area contributed by atoms with Gasteiger partial charge >= 0.3 is 6.36 Å². The summed E-state index contributed by atoms with van der Waals surface area (Å²) in [6, 6.07) is 15.2. The largest absolute Gasteiger partial charge is 0.573 e. The van der Waals surface area contributed by atoms with E-state index in [1.807, 2.05) is 6.92 Å². The van der Waals surface area contributed by atoms with Crippen molar-refractivity contribution < 1.29 is 27.1 Å². The lowest BCUT2D eigenvalue weighted by Gasteiger charge is -2.12. The van der Waals surface area contributed by atoms with Crippen molar-refractivity contribution in [2.24, 2.45) is 5.90 Å². The number of hydrogen-bond acceptors (Lipinski definition) is 3. The molecule has 0 unspecified atom stereocenters. The van der Waals surface area contributed by atoms with Gasteiger partial charge in [-0.2, -0.15) is 5.90 Å². The zero-order valence-electron chi connectivity index (χ0n) is 14.2. The van der Waals surface area contributed by atoms with E-state index < -0.39 is 12.2 Å². The second kappa shape index (κ2) is 7.28. The highest BCUT2D eigenvalue weighted by Gasteiger charge is 2.30. The summed E-state index contributed by atoms with van der Waals surface area (Å²) in [5.41, 5.74) is 3.44. The normalized spacial score (nSPS) is 11.3. The van der Waals surface area contributed by atoms with E-state index in [0.29, 0.717) is 11.1 Å². The number of ether oxygens (including phenoxy) is 1. The third-order valence-corrected chi connectivity index (χ3v) is 4.01. The van der Waals surface area contributed by atoms with Gasteiger partial charge in [0.15, 0.2) is 0 Å². The molecule has 3 rings (SSSR count). The molecule has 3 aromatic carbocycles. The molecule has 3 aromatic rings. The van der Waals surface area contributed by atoms with E-state index in [0.717, 1.165) is 16.7 Å². The van der Waals surface area contributed by atoms with Gasteiger partial charge < -0.3 is 9.57 Å². The Bertz CT molecular complexity index is 953. The van der Waals surface area contributed by atoms with Crippen LogP contribution in [0, 0.1) is 12.7 Å². The van der Waals surface area contributed by atoms with Crippen molar-refractivity contribution in [1.82, 2.24) is 0 Å². The zero-order chi connectivity index (χ0) is 19.6. The van der Waals surface area contributed by atoms with E-state index >= 15 is 0 Å². The molecule has 0 spiro atoms. The number of nitrogens with two attached hydrogens (primary N) is 1. The fourth-order valence-corrected chi connectivity index (χ4v) is 2.79. The molecule has 0 radical (unpaired) electrons. The number of aryl methyl sites for hydroxylation is 1. The van der Waals surface area contributed by atoms with Crippen LogP contribution in [-0.4, -0.2) is 6.36 Å². The van der Waals surface area contributed by atoms with Crippen molar-refractivity contribution >= 4 is 0 Å². The molecule has 0 saturated heterocycles. The van der Waals surface area contributed by atoms with Crippen LogP contribution in [0.4, 0.5) is 17.6 Å². The van der Waals surface area contributed by atoms with Crippen LogP contribution in [0.15, 0.2) is 60.7 Å². The molecule has 0 aliphatic rings. The summed E-state index contributed by atoms with van der Waals surface area (Å²) in [5.74, 6) is 4.48. The molecule has 140 valence electrons. The second-order valence-electron chi connectivity index (χ2n) is 5.86. The summed E-state index contributed by atoms with van der Waals surface area (Å²) in [4.78, 5) is 4.51. The molecule has 0 bridgehead atoms. The molecule has 0 heterocycles. The number of hydrogen-bond donors (Lipinski definition) is 1. The molecule has 27 heavy (non-hydrogen) atoms. The molecule has 7 heteroatoms. The lowest BCUT2D eigenvalue weighted by Crippen LogP contribution is -2.16. The highest BCUT2D eigenvalue weighted by molar-refractivity contribution is 5.74. The van der Waals surface area contributed by atoms with Crippen molar-refractivity contribution in [3.63, 3.8) is 0 Å². The summed E-state index contributed by atoms with van der Waals surface area (Å²) >= 11 is 0. The molecular formula is C20H15F4NO2. The number of benzene rings is 3. The number of rotatable bonds is 4. The summed E-state index contributed by atoms with van der Waals surface area (Å²) < 4.78 is 54.8. The lowest BCUT2D eigenvalue weighted by molar-refractivity contribution is -0.274. The van der Waals surface area contributed by atoms with Crippen LogP contribution in [-0.2, 0) is 0 Å². The Hall–Kier alpha value is -3.06. The quantitative estimate of drug-likeness (QED) is 0.474. The minimum atomic E-state index is -4.73. The average Bonchev–Trinajstić information content (AvgIpc) is 2.61. The van der Waals surface area contributed by atoms with Gasteiger partial charge in [0, 0.05) is 11.6 Å². The molecule has 3 nitrogen and oxygen atoms in total. The van der Waals surface area contributed by atoms with Crippen molar-refractivity contribution in [2.75, 3.05) is 0 Å². The van der Waals surface area contributed by atoms with Crippen molar-refractivity contribution in [3.05, 3.63) is 72.0 Å². The second-order valence-corrected chi connectivity index (χ2v) is 5.86. The van der Waals surface area contributed by atoms with Crippen LogP contribution >= 0.6 is 0 Å². The maximum absolute atomic E-state index is 14.2. The number of alkyl halides is 3. The lowest BCUT2D eigenvalue weighted by atomic mass is 9.95.